The number of likely N-dealkylation sites (tertiary alicyclic amines) is 1. The average Bonchev–Trinajstić information content (AvgIpc) is 3.26. The van der Waals surface area contributed by atoms with Crippen LogP contribution >= 0.6 is 10.6 Å². The Balaban J connectivity index is 1.59. The third-order valence-corrected chi connectivity index (χ3v) is 7.86. The van der Waals surface area contributed by atoms with Gasteiger partial charge in [0.1, 0.15) is 5.82 Å². The van der Waals surface area contributed by atoms with Crippen LogP contribution < -0.4 is 4.74 Å². The van der Waals surface area contributed by atoms with Crippen LogP contribution in [-0.4, -0.2) is 79.4 Å². The fourth-order valence-electron chi connectivity index (χ4n) is 4.38. The Labute approximate surface area is 200 Å². The molecule has 0 spiro atoms. The largest absolute Gasteiger partial charge is 0.462 e. The Hall–Kier alpha value is -2.58. The molecule has 2 unspecified atom stereocenters. The van der Waals surface area contributed by atoms with E-state index in [1.807, 2.05) is 0 Å². The Morgan fingerprint density at radius 3 is 2.51 bits per heavy atom. The maximum absolute atomic E-state index is 14.3. The number of nitrogens with zero attached hydrogens (tertiary/aromatic N) is 4. The molecular formula is C21H26F4N4O5S. The van der Waals surface area contributed by atoms with Crippen molar-refractivity contribution >= 4 is 16.6 Å². The molecule has 0 radical (unpaired) electrons. The molecule has 2 amide bonds. The van der Waals surface area contributed by atoms with Crippen molar-refractivity contribution < 1.29 is 40.7 Å². The van der Waals surface area contributed by atoms with Gasteiger partial charge in [-0.05, 0) is 36.2 Å². The van der Waals surface area contributed by atoms with Crippen molar-refractivity contribution in [2.24, 2.45) is 0 Å². The maximum atomic E-state index is 14.3. The Morgan fingerprint density at radius 1 is 1.20 bits per heavy atom. The number of hydrogen-bond acceptors (Lipinski definition) is 7. The summed E-state index contributed by atoms with van der Waals surface area (Å²) < 4.78 is 83.6. The number of piperidine rings is 1. The number of amides is 2. The van der Waals surface area contributed by atoms with Crippen LogP contribution in [0.2, 0.25) is 0 Å². The quantitative estimate of drug-likeness (QED) is 0.573. The van der Waals surface area contributed by atoms with Crippen molar-refractivity contribution in [2.45, 2.75) is 31.4 Å². The second-order valence-corrected chi connectivity index (χ2v) is 11.0. The van der Waals surface area contributed by atoms with Crippen LogP contribution in [0.1, 0.15) is 42.2 Å². The Kier molecular flexibility index (Phi) is 7.16. The molecule has 0 saturated carbocycles. The highest BCUT2D eigenvalue weighted by molar-refractivity contribution is 8.24. The van der Waals surface area contributed by atoms with Gasteiger partial charge in [0.15, 0.2) is 0 Å². The van der Waals surface area contributed by atoms with Gasteiger partial charge in [-0.25, -0.2) is 9.18 Å². The molecule has 2 aromatic rings. The predicted octanol–water partition coefficient (Wildman–Crippen LogP) is 4.39. The summed E-state index contributed by atoms with van der Waals surface area (Å²) in [6, 6.07) is 2.46. The number of aromatic nitrogens is 2. The van der Waals surface area contributed by atoms with E-state index in [1.54, 1.807) is 6.92 Å². The monoisotopic (exact) mass is 522 g/mol. The van der Waals surface area contributed by atoms with Gasteiger partial charge in [0.05, 0.1) is 29.6 Å². The number of urea groups is 1. The molecule has 3 heterocycles. The summed E-state index contributed by atoms with van der Waals surface area (Å²) in [4.78, 5) is 20.5. The lowest BCUT2D eigenvalue weighted by molar-refractivity contribution is -0.140. The first-order chi connectivity index (χ1) is 16.5. The van der Waals surface area contributed by atoms with E-state index in [1.165, 1.54) is 15.9 Å². The molecule has 1 aromatic carbocycles. The van der Waals surface area contributed by atoms with Crippen molar-refractivity contribution in [1.82, 2.24) is 19.9 Å². The zero-order chi connectivity index (χ0) is 25.4. The minimum Gasteiger partial charge on any atom is -0.462 e. The van der Waals surface area contributed by atoms with E-state index in [0.29, 0.717) is 24.7 Å². The van der Waals surface area contributed by atoms with Gasteiger partial charge in [0.2, 0.25) is 5.89 Å². The molecule has 0 aliphatic carbocycles. The van der Waals surface area contributed by atoms with Crippen molar-refractivity contribution in [3.8, 4) is 6.01 Å². The van der Waals surface area contributed by atoms with Crippen molar-refractivity contribution in [1.29, 1.82) is 0 Å². The van der Waals surface area contributed by atoms with Crippen LogP contribution in [0.25, 0.3) is 0 Å². The zero-order valence-corrected chi connectivity index (χ0v) is 19.7. The first-order valence-electron chi connectivity index (χ1n) is 11.1. The van der Waals surface area contributed by atoms with Crippen molar-refractivity contribution in [2.75, 3.05) is 44.3 Å². The summed E-state index contributed by atoms with van der Waals surface area (Å²) in [5, 5.41) is 3.75. The number of ether oxygens (including phenoxy) is 1. The SMILES string of the molecule is CCOc1noc(C2CC(c3ccc(C(F)(F)F)c(F)c3)CN(C(=O)N3CCS(O)(O)CC3)C2)n1. The fourth-order valence-corrected chi connectivity index (χ4v) is 5.61. The highest BCUT2D eigenvalue weighted by atomic mass is 32.3. The van der Waals surface area contributed by atoms with Crippen molar-refractivity contribution in [3.63, 3.8) is 0 Å². The second kappa shape index (κ2) is 9.82. The van der Waals surface area contributed by atoms with Crippen LogP contribution in [0, 0.1) is 5.82 Å². The molecule has 2 saturated heterocycles. The first-order valence-corrected chi connectivity index (χ1v) is 13.0. The predicted molar refractivity (Wildman–Crippen MR) is 118 cm³/mol. The molecule has 9 nitrogen and oxygen atoms in total. The molecule has 2 aliphatic heterocycles. The third-order valence-electron chi connectivity index (χ3n) is 6.18. The number of rotatable bonds is 4. The van der Waals surface area contributed by atoms with Gasteiger partial charge in [-0.1, -0.05) is 6.07 Å². The summed E-state index contributed by atoms with van der Waals surface area (Å²) >= 11 is 0. The number of alkyl halides is 3. The first kappa shape index (κ1) is 25.5. The number of carbonyl (C=O) groups excluding carboxylic acids is 1. The van der Waals surface area contributed by atoms with Crippen LogP contribution in [0.5, 0.6) is 6.01 Å². The van der Waals surface area contributed by atoms with E-state index in [9.17, 15) is 31.5 Å². The fraction of sp³-hybridized carbons (Fsp3) is 0.571. The Morgan fingerprint density at radius 2 is 1.89 bits per heavy atom. The van der Waals surface area contributed by atoms with E-state index in [4.69, 9.17) is 9.26 Å². The highest BCUT2D eigenvalue weighted by Gasteiger charge is 2.39. The molecule has 2 atom stereocenters. The molecular weight excluding hydrogens is 496 g/mol. The molecule has 2 fully saturated rings. The number of hydrogen-bond donors (Lipinski definition) is 2. The summed E-state index contributed by atoms with van der Waals surface area (Å²) in [6.07, 6.45) is -4.48. The van der Waals surface area contributed by atoms with Gasteiger partial charge in [0.25, 0.3) is 0 Å². The van der Waals surface area contributed by atoms with Crippen LogP contribution in [0.3, 0.4) is 0 Å². The third kappa shape index (κ3) is 5.81. The molecule has 14 heteroatoms. The Bertz CT molecular complexity index is 1060. The molecule has 35 heavy (non-hydrogen) atoms. The number of benzene rings is 1. The minimum absolute atomic E-state index is 0.0318. The summed E-state index contributed by atoms with van der Waals surface area (Å²) in [5.74, 6) is -1.99. The molecule has 194 valence electrons. The highest BCUT2D eigenvalue weighted by Crippen LogP contribution is 2.42. The van der Waals surface area contributed by atoms with E-state index in [-0.39, 0.29) is 55.6 Å². The molecule has 4 rings (SSSR count). The zero-order valence-electron chi connectivity index (χ0n) is 18.9. The smallest absolute Gasteiger partial charge is 0.419 e. The van der Waals surface area contributed by atoms with Gasteiger partial charge >= 0.3 is 18.2 Å². The van der Waals surface area contributed by atoms with Crippen LogP contribution in [0.15, 0.2) is 22.7 Å². The van der Waals surface area contributed by atoms with E-state index >= 15 is 0 Å². The van der Waals surface area contributed by atoms with Gasteiger partial charge < -0.3 is 19.1 Å². The topological polar surface area (TPSA) is 112 Å². The van der Waals surface area contributed by atoms with E-state index in [2.05, 4.69) is 10.1 Å². The van der Waals surface area contributed by atoms with Gasteiger partial charge in [0, 0.05) is 32.1 Å². The molecule has 0 bridgehead atoms. The van der Waals surface area contributed by atoms with Crippen molar-refractivity contribution in [3.05, 3.63) is 41.0 Å². The standard InChI is InChI=1S/C21H26F4N4O5S/c1-2-33-19-26-18(34-27-19)15-9-14(13-3-4-16(17(22)10-13)21(23,24)25)11-29(12-15)20(30)28-5-7-35(31,32)8-6-28/h3-4,10,14-15,31-32H,2,5-9,11-12H2,1H3. The molecule has 2 aliphatic rings. The van der Waals surface area contributed by atoms with Gasteiger partial charge in [-0.3, -0.25) is 9.11 Å². The molecule has 2 N–H and O–H groups in total. The van der Waals surface area contributed by atoms with Crippen LogP contribution in [-0.2, 0) is 6.18 Å². The lowest BCUT2D eigenvalue weighted by Crippen LogP contribution is -2.52. The normalized spacial score (nSPS) is 23.7. The van der Waals surface area contributed by atoms with E-state index < -0.39 is 40.0 Å². The van der Waals surface area contributed by atoms with E-state index in [0.717, 1.165) is 6.07 Å². The second-order valence-electron chi connectivity index (χ2n) is 8.60. The summed E-state index contributed by atoms with van der Waals surface area (Å²) in [7, 11) is -2.70. The summed E-state index contributed by atoms with van der Waals surface area (Å²) in [6.45, 7) is 2.72. The lowest BCUT2D eigenvalue weighted by Gasteiger charge is -2.44. The number of halogens is 4. The summed E-state index contributed by atoms with van der Waals surface area (Å²) in [5.41, 5.74) is -1.04. The average molecular weight is 523 g/mol. The minimum atomic E-state index is -4.82. The molecule has 1 aromatic heterocycles. The van der Waals surface area contributed by atoms with Crippen LogP contribution in [0.4, 0.5) is 22.4 Å². The lowest BCUT2D eigenvalue weighted by atomic mass is 9.84. The van der Waals surface area contributed by atoms with Gasteiger partial charge in [-0.2, -0.15) is 28.7 Å². The van der Waals surface area contributed by atoms with Gasteiger partial charge in [-0.15, -0.1) is 0 Å². The number of carbonyl (C=O) groups is 1. The maximum Gasteiger partial charge on any atom is 0.419 e.